The number of rotatable bonds is 0. The minimum Gasteiger partial charge on any atom is -0.487 e. The zero-order valence-corrected chi connectivity index (χ0v) is 21.4. The normalized spacial score (nSPS) is 31.2. The number of hydrogen-bond acceptors (Lipinski definition) is 5. The third kappa shape index (κ3) is 2.01. The minimum atomic E-state index is -1.06. The van der Waals surface area contributed by atoms with Gasteiger partial charge in [-0.3, -0.25) is 0 Å². The van der Waals surface area contributed by atoms with E-state index in [-0.39, 0.29) is 18.3 Å². The summed E-state index contributed by atoms with van der Waals surface area (Å²) in [6, 6.07) is 13.0. The van der Waals surface area contributed by atoms with Crippen LogP contribution in [0, 0.1) is 27.7 Å². The Labute approximate surface area is 210 Å². The van der Waals surface area contributed by atoms with Gasteiger partial charge in [0.05, 0.1) is 5.41 Å². The van der Waals surface area contributed by atoms with Crippen molar-refractivity contribution in [3.8, 4) is 28.7 Å². The third-order valence-electron chi connectivity index (χ3n) is 8.97. The third-order valence-corrected chi connectivity index (χ3v) is 8.97. The largest absolute Gasteiger partial charge is 0.487 e. The fourth-order valence-corrected chi connectivity index (χ4v) is 7.73. The summed E-state index contributed by atoms with van der Waals surface area (Å²) < 4.78 is 32.6. The summed E-state index contributed by atoms with van der Waals surface area (Å²) in [6.07, 6.45) is 2.04. The Morgan fingerprint density at radius 3 is 2.11 bits per heavy atom. The van der Waals surface area contributed by atoms with E-state index in [9.17, 15) is 0 Å². The molecule has 0 aromatic heterocycles. The summed E-state index contributed by atoms with van der Waals surface area (Å²) in [7, 11) is 0. The maximum atomic E-state index is 7.10. The molecule has 5 heteroatoms. The second-order valence-electron chi connectivity index (χ2n) is 11.4. The van der Waals surface area contributed by atoms with E-state index >= 15 is 0 Å². The van der Waals surface area contributed by atoms with E-state index in [1.54, 1.807) is 0 Å². The first-order valence-electron chi connectivity index (χ1n) is 12.6. The zero-order valence-electron chi connectivity index (χ0n) is 21.4. The van der Waals surface area contributed by atoms with Crippen molar-refractivity contribution in [3.05, 3.63) is 87.0 Å². The van der Waals surface area contributed by atoms with Crippen molar-refractivity contribution < 1.29 is 23.7 Å². The highest BCUT2D eigenvalue weighted by atomic mass is 16.7. The van der Waals surface area contributed by atoms with E-state index in [0.29, 0.717) is 5.75 Å². The molecule has 4 heterocycles. The quantitative estimate of drug-likeness (QED) is 0.364. The van der Waals surface area contributed by atoms with Crippen LogP contribution in [0.2, 0.25) is 0 Å². The van der Waals surface area contributed by atoms with Crippen LogP contribution in [0.1, 0.15) is 52.8 Å². The van der Waals surface area contributed by atoms with Crippen molar-refractivity contribution >= 4 is 0 Å². The van der Waals surface area contributed by atoms with Crippen LogP contribution >= 0.6 is 0 Å². The Morgan fingerprint density at radius 2 is 1.36 bits per heavy atom. The predicted octanol–water partition coefficient (Wildman–Crippen LogP) is 6.09. The van der Waals surface area contributed by atoms with Crippen molar-refractivity contribution in [2.75, 3.05) is 6.79 Å². The molecule has 0 unspecified atom stereocenters. The molecule has 0 amide bonds. The maximum absolute atomic E-state index is 7.10. The van der Waals surface area contributed by atoms with Crippen LogP contribution in [0.25, 0.3) is 0 Å². The Hall–Kier alpha value is -3.60. The molecule has 4 aliphatic heterocycles. The molecule has 4 atom stereocenters. The van der Waals surface area contributed by atoms with Crippen LogP contribution < -0.4 is 23.7 Å². The second kappa shape index (κ2) is 6.03. The first kappa shape index (κ1) is 20.6. The van der Waals surface area contributed by atoms with Crippen LogP contribution in [-0.4, -0.2) is 18.7 Å². The lowest BCUT2D eigenvalue weighted by Crippen LogP contribution is -2.66. The van der Waals surface area contributed by atoms with E-state index in [2.05, 4.69) is 78.0 Å². The topological polar surface area (TPSA) is 46.2 Å². The molecule has 0 N–H and O–H groups in total. The molecule has 5 nitrogen and oxygen atoms in total. The van der Waals surface area contributed by atoms with Crippen molar-refractivity contribution in [2.45, 2.75) is 64.3 Å². The number of benzene rings is 3. The van der Waals surface area contributed by atoms with E-state index < -0.39 is 11.2 Å². The number of aryl methyl sites for hydroxylation is 4. The highest BCUT2D eigenvalue weighted by Gasteiger charge is 2.79. The Balaban J connectivity index is 1.53. The number of ether oxygens (including phenoxy) is 5. The molecule has 3 aromatic carbocycles. The molecular weight excluding hydrogens is 452 g/mol. The van der Waals surface area contributed by atoms with Gasteiger partial charge in [0.1, 0.15) is 28.8 Å². The number of fused-ring (bicyclic) bond motifs is 6. The summed E-state index contributed by atoms with van der Waals surface area (Å²) in [5.41, 5.74) is 7.96. The minimum absolute atomic E-state index is 0.210. The van der Waals surface area contributed by atoms with Gasteiger partial charge < -0.3 is 23.7 Å². The van der Waals surface area contributed by atoms with Crippen LogP contribution in [0.5, 0.6) is 28.7 Å². The van der Waals surface area contributed by atoms with Crippen LogP contribution in [0.15, 0.2) is 48.0 Å². The van der Waals surface area contributed by atoms with Crippen molar-refractivity contribution in [1.29, 1.82) is 0 Å². The Bertz CT molecular complexity index is 1580. The first-order valence-corrected chi connectivity index (χ1v) is 12.6. The molecule has 0 bridgehead atoms. The van der Waals surface area contributed by atoms with Gasteiger partial charge in [-0.05, 0) is 58.7 Å². The number of hydrogen-bond donors (Lipinski definition) is 0. The molecule has 8 rings (SSSR count). The van der Waals surface area contributed by atoms with Gasteiger partial charge in [0.25, 0.3) is 5.79 Å². The standard InChI is InChI=1S/C31H28O5/c1-15-7-17(3)26-21(9-15)29(6)13-19(5)31-30(28(29)34-26,22-10-16(2)8-18(4)27(22)36-31)20-11-24-25(33-14-32-24)12-23(20)35-31/h7-13,28H,14H2,1-6H3/t28-,29+,30+,31-/m1/s1. The van der Waals surface area contributed by atoms with Crippen molar-refractivity contribution in [3.63, 3.8) is 0 Å². The van der Waals surface area contributed by atoms with Crippen LogP contribution in [-0.2, 0) is 10.8 Å². The molecule has 1 aliphatic carbocycles. The summed E-state index contributed by atoms with van der Waals surface area (Å²) in [4.78, 5) is 0. The lowest BCUT2D eigenvalue weighted by atomic mass is 9.54. The van der Waals surface area contributed by atoms with Crippen molar-refractivity contribution in [2.24, 2.45) is 0 Å². The van der Waals surface area contributed by atoms with Crippen LogP contribution in [0.3, 0.4) is 0 Å². The van der Waals surface area contributed by atoms with Crippen LogP contribution in [0.4, 0.5) is 0 Å². The molecule has 0 spiro atoms. The fraction of sp³-hybridized carbons (Fsp3) is 0.355. The molecule has 0 saturated carbocycles. The van der Waals surface area contributed by atoms with E-state index in [1.807, 2.05) is 6.07 Å². The predicted molar refractivity (Wildman–Crippen MR) is 135 cm³/mol. The average Bonchev–Trinajstić information content (AvgIpc) is 3.52. The lowest BCUT2D eigenvalue weighted by molar-refractivity contribution is -0.126. The lowest BCUT2D eigenvalue weighted by Gasteiger charge is -2.49. The van der Waals surface area contributed by atoms with Gasteiger partial charge in [-0.15, -0.1) is 0 Å². The molecule has 182 valence electrons. The molecule has 5 aliphatic rings. The van der Waals surface area contributed by atoms with Gasteiger partial charge in [0, 0.05) is 28.3 Å². The van der Waals surface area contributed by atoms with Gasteiger partial charge in [-0.25, -0.2) is 0 Å². The monoisotopic (exact) mass is 480 g/mol. The summed E-state index contributed by atoms with van der Waals surface area (Å²) in [5.74, 6) is 2.99. The van der Waals surface area contributed by atoms with E-state index in [4.69, 9.17) is 23.7 Å². The molecule has 0 saturated heterocycles. The summed E-state index contributed by atoms with van der Waals surface area (Å²) >= 11 is 0. The first-order chi connectivity index (χ1) is 17.2. The smallest absolute Gasteiger partial charge is 0.291 e. The molecule has 0 fully saturated rings. The van der Waals surface area contributed by atoms with Gasteiger partial charge in [0.15, 0.2) is 11.5 Å². The molecular formula is C31H28O5. The van der Waals surface area contributed by atoms with Gasteiger partial charge in [-0.2, -0.15) is 0 Å². The zero-order chi connectivity index (χ0) is 24.8. The van der Waals surface area contributed by atoms with Crippen molar-refractivity contribution in [1.82, 2.24) is 0 Å². The molecule has 36 heavy (non-hydrogen) atoms. The maximum Gasteiger partial charge on any atom is 0.291 e. The fourth-order valence-electron chi connectivity index (χ4n) is 7.73. The SMILES string of the molecule is CC1=C[C@@]2(C)c3cc(C)cc(C)c3O[C@H]2[C@@]23c4cc5c(cc4O[C@@]12Oc1c(C)cc(C)cc13)OCO5. The Morgan fingerprint density at radius 1 is 0.694 bits per heavy atom. The van der Waals surface area contributed by atoms with E-state index in [1.165, 1.54) is 16.7 Å². The van der Waals surface area contributed by atoms with Gasteiger partial charge in [0.2, 0.25) is 6.79 Å². The highest BCUT2D eigenvalue weighted by molar-refractivity contribution is 5.73. The Kier molecular flexibility index (Phi) is 3.44. The second-order valence-corrected chi connectivity index (χ2v) is 11.4. The molecule has 3 aromatic rings. The summed E-state index contributed by atoms with van der Waals surface area (Å²) in [6.45, 7) is 13.2. The highest BCUT2D eigenvalue weighted by Crippen LogP contribution is 2.72. The average molecular weight is 481 g/mol. The van der Waals surface area contributed by atoms with E-state index in [0.717, 1.165) is 50.8 Å². The summed E-state index contributed by atoms with van der Waals surface area (Å²) in [5, 5.41) is 0. The van der Waals surface area contributed by atoms with Gasteiger partial charge >= 0.3 is 0 Å². The molecule has 0 radical (unpaired) electrons. The van der Waals surface area contributed by atoms with Gasteiger partial charge in [-0.1, -0.05) is 41.5 Å².